The average molecular weight is 242 g/mol. The maximum absolute atomic E-state index is 11.7. The van der Waals surface area contributed by atoms with Crippen LogP contribution in [0.2, 0.25) is 0 Å². The number of hydrogen-bond donors (Lipinski definition) is 2. The molecular formula is C11H18N2O4. The van der Waals surface area contributed by atoms with Crippen LogP contribution in [-0.2, 0) is 19.1 Å². The molecule has 0 aliphatic carbocycles. The van der Waals surface area contributed by atoms with E-state index in [0.29, 0.717) is 13.0 Å². The molecule has 1 aliphatic heterocycles. The number of carbonyl (C=O) groups excluding carboxylic acids is 3. The summed E-state index contributed by atoms with van der Waals surface area (Å²) >= 11 is 0. The highest BCUT2D eigenvalue weighted by molar-refractivity contribution is 5.89. The third-order valence-electron chi connectivity index (χ3n) is 2.67. The van der Waals surface area contributed by atoms with Crippen molar-refractivity contribution in [1.82, 2.24) is 5.32 Å². The van der Waals surface area contributed by atoms with Crippen LogP contribution in [0.1, 0.15) is 32.6 Å². The lowest BCUT2D eigenvalue weighted by Gasteiger charge is -2.17. The summed E-state index contributed by atoms with van der Waals surface area (Å²) in [5.41, 5.74) is 5.16. The van der Waals surface area contributed by atoms with Gasteiger partial charge < -0.3 is 20.6 Å². The molecule has 96 valence electrons. The van der Waals surface area contributed by atoms with Crippen LogP contribution < -0.4 is 11.1 Å². The highest BCUT2D eigenvalue weighted by Crippen LogP contribution is 2.12. The molecule has 0 saturated carbocycles. The molecule has 0 aromatic heterocycles. The van der Waals surface area contributed by atoms with Gasteiger partial charge in [0.1, 0.15) is 17.9 Å². The first-order valence-corrected chi connectivity index (χ1v) is 5.71. The zero-order valence-corrected chi connectivity index (χ0v) is 9.90. The first kappa shape index (κ1) is 13.6. The SMILES string of the molecule is CC(=O)CC[C@H](NC(=O)[C@H]1CCCO1)C(N)=O. The van der Waals surface area contributed by atoms with E-state index in [9.17, 15) is 14.4 Å². The molecule has 6 heteroatoms. The zero-order chi connectivity index (χ0) is 12.8. The molecule has 17 heavy (non-hydrogen) atoms. The maximum Gasteiger partial charge on any atom is 0.249 e. The smallest absolute Gasteiger partial charge is 0.249 e. The molecule has 6 nitrogen and oxygen atoms in total. The van der Waals surface area contributed by atoms with Crippen molar-refractivity contribution in [2.45, 2.75) is 44.8 Å². The molecule has 1 fully saturated rings. The Morgan fingerprint density at radius 3 is 2.65 bits per heavy atom. The van der Waals surface area contributed by atoms with E-state index in [0.717, 1.165) is 6.42 Å². The molecule has 1 saturated heterocycles. The minimum atomic E-state index is -0.796. The Kier molecular flexibility index (Phi) is 5.09. The third kappa shape index (κ3) is 4.52. The molecule has 0 aromatic carbocycles. The minimum Gasteiger partial charge on any atom is -0.368 e. The van der Waals surface area contributed by atoms with Crippen LogP contribution in [0, 0.1) is 0 Å². The van der Waals surface area contributed by atoms with Gasteiger partial charge in [0.15, 0.2) is 0 Å². The van der Waals surface area contributed by atoms with Crippen molar-refractivity contribution >= 4 is 17.6 Å². The summed E-state index contributed by atoms with van der Waals surface area (Å²) in [5, 5.41) is 2.52. The van der Waals surface area contributed by atoms with Crippen molar-refractivity contribution in [2.24, 2.45) is 5.73 Å². The van der Waals surface area contributed by atoms with E-state index in [1.807, 2.05) is 0 Å². The molecule has 0 radical (unpaired) electrons. The van der Waals surface area contributed by atoms with Gasteiger partial charge in [-0.25, -0.2) is 0 Å². The van der Waals surface area contributed by atoms with E-state index in [1.165, 1.54) is 6.92 Å². The Balaban J connectivity index is 2.44. The van der Waals surface area contributed by atoms with E-state index >= 15 is 0 Å². The fourth-order valence-electron chi connectivity index (χ4n) is 1.68. The summed E-state index contributed by atoms with van der Waals surface area (Å²) in [7, 11) is 0. The number of nitrogens with one attached hydrogen (secondary N) is 1. The lowest BCUT2D eigenvalue weighted by atomic mass is 10.1. The largest absolute Gasteiger partial charge is 0.368 e. The van der Waals surface area contributed by atoms with Crippen molar-refractivity contribution in [2.75, 3.05) is 6.61 Å². The van der Waals surface area contributed by atoms with Crippen LogP contribution in [-0.4, -0.2) is 36.4 Å². The number of Topliss-reactive ketones (excluding diaryl/α,β-unsaturated/α-hetero) is 1. The predicted molar refractivity (Wildman–Crippen MR) is 60.0 cm³/mol. The number of ketones is 1. The van der Waals surface area contributed by atoms with Crippen LogP contribution in [0.4, 0.5) is 0 Å². The van der Waals surface area contributed by atoms with E-state index < -0.39 is 18.1 Å². The van der Waals surface area contributed by atoms with Gasteiger partial charge in [0.2, 0.25) is 11.8 Å². The molecule has 2 amide bonds. The lowest BCUT2D eigenvalue weighted by molar-refractivity contribution is -0.134. The standard InChI is InChI=1S/C11H18N2O4/c1-7(14)4-5-8(10(12)15)13-11(16)9-3-2-6-17-9/h8-9H,2-6H2,1H3,(H2,12,15)(H,13,16)/t8-,9+/m0/s1. The summed E-state index contributed by atoms with van der Waals surface area (Å²) in [4.78, 5) is 33.6. The summed E-state index contributed by atoms with van der Waals surface area (Å²) in [6.45, 7) is 1.99. The topological polar surface area (TPSA) is 98.5 Å². The Morgan fingerprint density at radius 1 is 1.47 bits per heavy atom. The van der Waals surface area contributed by atoms with Crippen LogP contribution in [0.15, 0.2) is 0 Å². The summed E-state index contributed by atoms with van der Waals surface area (Å²) in [6.07, 6.45) is 1.47. The van der Waals surface area contributed by atoms with Crippen molar-refractivity contribution in [3.63, 3.8) is 0 Å². The summed E-state index contributed by atoms with van der Waals surface area (Å²) in [6, 6.07) is -0.796. The van der Waals surface area contributed by atoms with Gasteiger partial charge >= 0.3 is 0 Å². The zero-order valence-electron chi connectivity index (χ0n) is 9.90. The van der Waals surface area contributed by atoms with Gasteiger partial charge in [0.05, 0.1) is 0 Å². The molecule has 0 aromatic rings. The number of rotatable bonds is 6. The second-order valence-electron chi connectivity index (χ2n) is 4.21. The monoisotopic (exact) mass is 242 g/mol. The Bertz CT molecular complexity index is 311. The molecule has 2 atom stereocenters. The van der Waals surface area contributed by atoms with Gasteiger partial charge in [0, 0.05) is 13.0 Å². The van der Waals surface area contributed by atoms with Crippen LogP contribution in [0.25, 0.3) is 0 Å². The number of primary amides is 1. The Morgan fingerprint density at radius 2 is 2.18 bits per heavy atom. The van der Waals surface area contributed by atoms with Gasteiger partial charge in [-0.15, -0.1) is 0 Å². The second kappa shape index (κ2) is 6.34. The third-order valence-corrected chi connectivity index (χ3v) is 2.67. The molecular weight excluding hydrogens is 224 g/mol. The molecule has 3 N–H and O–H groups in total. The van der Waals surface area contributed by atoms with Crippen LogP contribution in [0.5, 0.6) is 0 Å². The number of ether oxygens (including phenoxy) is 1. The molecule has 1 rings (SSSR count). The van der Waals surface area contributed by atoms with Crippen LogP contribution >= 0.6 is 0 Å². The van der Waals surface area contributed by atoms with Gasteiger partial charge in [0.25, 0.3) is 0 Å². The lowest BCUT2D eigenvalue weighted by Crippen LogP contribution is -2.48. The Hall–Kier alpha value is -1.43. The minimum absolute atomic E-state index is 0.0392. The second-order valence-corrected chi connectivity index (χ2v) is 4.21. The van der Waals surface area contributed by atoms with E-state index in [4.69, 9.17) is 10.5 Å². The molecule has 0 bridgehead atoms. The summed E-state index contributed by atoms with van der Waals surface area (Å²) in [5.74, 6) is -0.991. The summed E-state index contributed by atoms with van der Waals surface area (Å²) < 4.78 is 5.19. The van der Waals surface area contributed by atoms with Gasteiger partial charge in [-0.1, -0.05) is 0 Å². The predicted octanol–water partition coefficient (Wildman–Crippen LogP) is -0.495. The van der Waals surface area contributed by atoms with Crippen molar-refractivity contribution in [3.05, 3.63) is 0 Å². The van der Waals surface area contributed by atoms with Gasteiger partial charge in [-0.2, -0.15) is 0 Å². The fourth-order valence-corrected chi connectivity index (χ4v) is 1.68. The molecule has 0 spiro atoms. The molecule has 1 aliphatic rings. The normalized spacial score (nSPS) is 20.9. The molecule has 1 heterocycles. The van der Waals surface area contributed by atoms with E-state index in [1.54, 1.807) is 0 Å². The first-order valence-electron chi connectivity index (χ1n) is 5.71. The number of carbonyl (C=O) groups is 3. The average Bonchev–Trinajstić information content (AvgIpc) is 2.76. The van der Waals surface area contributed by atoms with E-state index in [2.05, 4.69) is 5.32 Å². The highest BCUT2D eigenvalue weighted by atomic mass is 16.5. The quantitative estimate of drug-likeness (QED) is 0.656. The number of hydrogen-bond acceptors (Lipinski definition) is 4. The number of amides is 2. The van der Waals surface area contributed by atoms with Crippen molar-refractivity contribution in [3.8, 4) is 0 Å². The maximum atomic E-state index is 11.7. The molecule has 0 unspecified atom stereocenters. The number of nitrogens with two attached hydrogens (primary N) is 1. The highest BCUT2D eigenvalue weighted by Gasteiger charge is 2.27. The van der Waals surface area contributed by atoms with Gasteiger partial charge in [-0.05, 0) is 26.2 Å². The van der Waals surface area contributed by atoms with Crippen molar-refractivity contribution in [1.29, 1.82) is 0 Å². The Labute approximate surface area is 99.9 Å². The van der Waals surface area contributed by atoms with Crippen LogP contribution in [0.3, 0.4) is 0 Å². The van der Waals surface area contributed by atoms with E-state index in [-0.39, 0.29) is 24.5 Å². The fraction of sp³-hybridized carbons (Fsp3) is 0.727. The van der Waals surface area contributed by atoms with Gasteiger partial charge in [-0.3, -0.25) is 9.59 Å². The van der Waals surface area contributed by atoms with Crippen molar-refractivity contribution < 1.29 is 19.1 Å². The first-order chi connectivity index (χ1) is 8.00.